The van der Waals surface area contributed by atoms with Crippen LogP contribution in [0.4, 0.5) is 5.69 Å². The summed E-state index contributed by atoms with van der Waals surface area (Å²) in [5.74, 6) is -0.139. The summed E-state index contributed by atoms with van der Waals surface area (Å²) in [7, 11) is 0. The molecule has 22 heavy (non-hydrogen) atoms. The van der Waals surface area contributed by atoms with E-state index < -0.39 is 9.75 Å². The summed E-state index contributed by atoms with van der Waals surface area (Å²) < 4.78 is -1.04. The van der Waals surface area contributed by atoms with Crippen LogP contribution in [0.5, 0.6) is 0 Å². The maximum absolute atomic E-state index is 12.3. The topological polar surface area (TPSA) is 58.2 Å². The van der Waals surface area contributed by atoms with Crippen LogP contribution in [-0.4, -0.2) is 22.7 Å². The van der Waals surface area contributed by atoms with Crippen LogP contribution >= 0.6 is 23.2 Å². The lowest BCUT2D eigenvalue weighted by molar-refractivity contribution is -0.120. The Kier molecular flexibility index (Phi) is 4.73. The molecule has 0 spiro atoms. The van der Waals surface area contributed by atoms with Crippen molar-refractivity contribution in [1.82, 2.24) is 5.32 Å². The fraction of sp³-hybridized carbons (Fsp3) is 0.500. The van der Waals surface area contributed by atoms with Gasteiger partial charge in [0.1, 0.15) is 4.33 Å². The van der Waals surface area contributed by atoms with E-state index in [1.807, 2.05) is 13.8 Å². The maximum atomic E-state index is 12.3. The fourth-order valence-electron chi connectivity index (χ4n) is 2.09. The van der Waals surface area contributed by atoms with E-state index in [1.54, 1.807) is 31.2 Å². The second-order valence-electron chi connectivity index (χ2n) is 6.32. The number of halogens is 2. The van der Waals surface area contributed by atoms with Gasteiger partial charge in [-0.25, -0.2) is 0 Å². The Morgan fingerprint density at radius 1 is 1.27 bits per heavy atom. The van der Waals surface area contributed by atoms with E-state index in [-0.39, 0.29) is 11.8 Å². The molecular formula is C16H20Cl2N2O2. The normalized spacial score (nSPS) is 22.3. The van der Waals surface area contributed by atoms with Crippen molar-refractivity contribution in [2.75, 3.05) is 11.9 Å². The molecule has 1 aliphatic carbocycles. The molecule has 1 aromatic carbocycles. The summed E-state index contributed by atoms with van der Waals surface area (Å²) in [5.41, 5.74) is 0.0685. The van der Waals surface area contributed by atoms with Crippen LogP contribution in [-0.2, 0) is 4.79 Å². The van der Waals surface area contributed by atoms with Gasteiger partial charge < -0.3 is 10.6 Å². The zero-order valence-corrected chi connectivity index (χ0v) is 14.4. The van der Waals surface area contributed by atoms with E-state index in [2.05, 4.69) is 10.6 Å². The van der Waals surface area contributed by atoms with Crippen LogP contribution in [0.15, 0.2) is 24.3 Å². The van der Waals surface area contributed by atoms with Crippen molar-refractivity contribution in [2.24, 2.45) is 11.3 Å². The maximum Gasteiger partial charge on any atom is 0.253 e. The van der Waals surface area contributed by atoms with Crippen molar-refractivity contribution in [3.05, 3.63) is 29.8 Å². The van der Waals surface area contributed by atoms with Gasteiger partial charge in [0.05, 0.1) is 16.7 Å². The number of benzene rings is 1. The average molecular weight is 343 g/mol. The Labute approximate surface area is 140 Å². The largest absolute Gasteiger partial charge is 0.352 e. The molecule has 2 N–H and O–H groups in total. The zero-order chi connectivity index (χ0) is 16.5. The molecule has 1 atom stereocenters. The minimum atomic E-state index is -1.04. The van der Waals surface area contributed by atoms with Crippen LogP contribution in [0.3, 0.4) is 0 Å². The first kappa shape index (κ1) is 17.1. The predicted octanol–water partition coefficient (Wildman–Crippen LogP) is 3.59. The number of hydrogen-bond acceptors (Lipinski definition) is 2. The number of carbonyl (C=O) groups excluding carboxylic acids is 2. The third-order valence-electron chi connectivity index (χ3n) is 3.85. The van der Waals surface area contributed by atoms with Crippen molar-refractivity contribution >= 4 is 40.7 Å². The molecule has 6 heteroatoms. The van der Waals surface area contributed by atoms with Gasteiger partial charge in [0.25, 0.3) is 5.91 Å². The molecule has 2 amide bonds. The Morgan fingerprint density at radius 2 is 1.86 bits per heavy atom. The van der Waals surface area contributed by atoms with E-state index in [0.29, 0.717) is 30.1 Å². The van der Waals surface area contributed by atoms with Crippen LogP contribution in [0.25, 0.3) is 0 Å². The number of nitrogens with one attached hydrogen (secondary N) is 2. The minimum Gasteiger partial charge on any atom is -0.352 e. The lowest BCUT2D eigenvalue weighted by Crippen LogP contribution is -2.30. The molecular weight excluding hydrogens is 323 g/mol. The monoisotopic (exact) mass is 342 g/mol. The number of alkyl halides is 2. The van der Waals surface area contributed by atoms with Gasteiger partial charge in [-0.1, -0.05) is 26.0 Å². The van der Waals surface area contributed by atoms with Crippen molar-refractivity contribution < 1.29 is 9.59 Å². The predicted molar refractivity (Wildman–Crippen MR) is 89.4 cm³/mol. The van der Waals surface area contributed by atoms with E-state index in [1.165, 1.54) is 0 Å². The Bertz CT molecular complexity index is 602. The third kappa shape index (κ3) is 3.39. The molecule has 1 aliphatic rings. The van der Waals surface area contributed by atoms with E-state index in [0.717, 1.165) is 0 Å². The van der Waals surface area contributed by atoms with E-state index in [9.17, 15) is 9.59 Å². The van der Waals surface area contributed by atoms with Gasteiger partial charge in [-0.05, 0) is 31.4 Å². The molecule has 4 nitrogen and oxygen atoms in total. The van der Waals surface area contributed by atoms with Crippen LogP contribution in [0, 0.1) is 11.3 Å². The lowest BCUT2D eigenvalue weighted by Gasteiger charge is -2.15. The Hall–Kier alpha value is -1.26. The Morgan fingerprint density at radius 3 is 2.41 bits per heavy atom. The third-order valence-corrected chi connectivity index (χ3v) is 4.95. The molecule has 0 heterocycles. The Balaban J connectivity index is 2.12. The van der Waals surface area contributed by atoms with Gasteiger partial charge in [-0.15, -0.1) is 23.2 Å². The van der Waals surface area contributed by atoms with Crippen LogP contribution in [0.2, 0.25) is 0 Å². The highest BCUT2D eigenvalue weighted by molar-refractivity contribution is 6.53. The molecule has 1 saturated carbocycles. The number of hydrogen-bond donors (Lipinski definition) is 2. The molecule has 1 fully saturated rings. The van der Waals surface area contributed by atoms with Crippen molar-refractivity contribution in [3.8, 4) is 0 Å². The van der Waals surface area contributed by atoms with Gasteiger partial charge in [0.2, 0.25) is 5.91 Å². The van der Waals surface area contributed by atoms with Crippen molar-refractivity contribution in [1.29, 1.82) is 0 Å². The van der Waals surface area contributed by atoms with E-state index >= 15 is 0 Å². The van der Waals surface area contributed by atoms with Gasteiger partial charge in [0.15, 0.2) is 0 Å². The molecule has 1 unspecified atom stereocenters. The van der Waals surface area contributed by atoms with Crippen molar-refractivity contribution in [3.63, 3.8) is 0 Å². The molecule has 0 radical (unpaired) electrons. The molecule has 0 saturated heterocycles. The zero-order valence-electron chi connectivity index (χ0n) is 12.9. The number of rotatable bonds is 5. The molecule has 2 rings (SSSR count). The number of anilines is 1. The number of carbonyl (C=O) groups is 2. The van der Waals surface area contributed by atoms with Gasteiger partial charge in [-0.2, -0.15) is 0 Å². The number of amides is 2. The second-order valence-corrected chi connectivity index (χ2v) is 7.80. The quantitative estimate of drug-likeness (QED) is 0.803. The SMILES string of the molecule is CC(C)CNC(=O)c1ccccc1NC(=O)C1(C)CC1(Cl)Cl. The van der Waals surface area contributed by atoms with E-state index in [4.69, 9.17) is 23.2 Å². The standard InChI is InChI=1S/C16H20Cl2N2O2/c1-10(2)8-19-13(21)11-6-4-5-7-12(11)20-14(22)15(3)9-16(15,17)18/h4-7,10H,8-9H2,1-3H3,(H,19,21)(H,20,22). The highest BCUT2D eigenvalue weighted by Crippen LogP contribution is 2.64. The van der Waals surface area contributed by atoms with Gasteiger partial charge >= 0.3 is 0 Å². The summed E-state index contributed by atoms with van der Waals surface area (Å²) in [6.07, 6.45) is 0.399. The molecule has 0 aliphatic heterocycles. The summed E-state index contributed by atoms with van der Waals surface area (Å²) in [5, 5.41) is 5.61. The smallest absolute Gasteiger partial charge is 0.253 e. The lowest BCUT2D eigenvalue weighted by atomic mass is 10.1. The fourth-order valence-corrected chi connectivity index (χ4v) is 2.79. The molecule has 0 aromatic heterocycles. The highest BCUT2D eigenvalue weighted by atomic mass is 35.5. The summed E-state index contributed by atoms with van der Waals surface area (Å²) >= 11 is 12.0. The number of para-hydroxylation sites is 1. The summed E-state index contributed by atoms with van der Waals surface area (Å²) in [6, 6.07) is 6.89. The minimum absolute atomic E-state index is 0.214. The first-order valence-corrected chi connectivity index (χ1v) is 7.99. The highest BCUT2D eigenvalue weighted by Gasteiger charge is 2.67. The van der Waals surface area contributed by atoms with Gasteiger partial charge in [-0.3, -0.25) is 9.59 Å². The summed E-state index contributed by atoms with van der Waals surface area (Å²) in [4.78, 5) is 24.6. The second kappa shape index (κ2) is 6.09. The first-order chi connectivity index (χ1) is 10.2. The average Bonchev–Trinajstić information content (AvgIpc) is 2.97. The summed E-state index contributed by atoms with van der Waals surface area (Å²) in [6.45, 7) is 6.32. The van der Waals surface area contributed by atoms with Crippen LogP contribution in [0.1, 0.15) is 37.6 Å². The molecule has 120 valence electrons. The first-order valence-electron chi connectivity index (χ1n) is 7.24. The van der Waals surface area contributed by atoms with Gasteiger partial charge in [0, 0.05) is 6.54 Å². The van der Waals surface area contributed by atoms with Crippen LogP contribution < -0.4 is 10.6 Å². The molecule has 0 bridgehead atoms. The van der Waals surface area contributed by atoms with Crippen molar-refractivity contribution in [2.45, 2.75) is 31.5 Å². The molecule has 1 aromatic rings.